The summed E-state index contributed by atoms with van der Waals surface area (Å²) in [6.45, 7) is 3.03. The van der Waals surface area contributed by atoms with E-state index in [2.05, 4.69) is 33.6 Å². The Balaban J connectivity index is 1.95. The van der Waals surface area contributed by atoms with E-state index in [1.165, 1.54) is 0 Å². The predicted octanol–water partition coefficient (Wildman–Crippen LogP) is -0.206. The summed E-state index contributed by atoms with van der Waals surface area (Å²) in [5, 5.41) is 17.8. The Bertz CT molecular complexity index is 976. The number of aromatic nitrogens is 1. The molecule has 3 amide bonds. The molecule has 1 heterocycles. The van der Waals surface area contributed by atoms with Crippen molar-refractivity contribution < 1.29 is 24.3 Å². The van der Waals surface area contributed by atoms with E-state index in [0.717, 1.165) is 16.5 Å². The lowest BCUT2D eigenvalue weighted by Gasteiger charge is -2.23. The topological polar surface area (TPSA) is 166 Å². The number of benzene rings is 1. The molecule has 3 unspecified atom stereocenters. The van der Waals surface area contributed by atoms with Gasteiger partial charge in [0.05, 0.1) is 12.6 Å². The van der Waals surface area contributed by atoms with E-state index in [4.69, 9.17) is 5.73 Å². The average molecular weight is 464 g/mol. The molecule has 1 aromatic heterocycles. The van der Waals surface area contributed by atoms with Crippen LogP contribution in [0.4, 0.5) is 0 Å². The van der Waals surface area contributed by atoms with Crippen LogP contribution in [0.3, 0.4) is 0 Å². The molecule has 0 saturated heterocycles. The standard InChI is InChI=1S/C21H29N5O5S/c1-11(2)18(26-19(28)14(22)10-32)20(29)24-9-17(27)25-16(21(30)31)7-12-8-23-15-6-4-3-5-13(12)15/h3-6,8,11,14,16,18,23,32H,7,9-10,22H2,1-2H3,(H,24,29)(H,25,27)(H,26,28)(H,30,31). The van der Waals surface area contributed by atoms with Gasteiger partial charge in [0, 0.05) is 29.3 Å². The van der Waals surface area contributed by atoms with Crippen molar-refractivity contribution in [3.8, 4) is 0 Å². The number of aromatic amines is 1. The van der Waals surface area contributed by atoms with Gasteiger partial charge in [0.2, 0.25) is 17.7 Å². The maximum absolute atomic E-state index is 12.5. The van der Waals surface area contributed by atoms with Gasteiger partial charge in [0.15, 0.2) is 0 Å². The highest BCUT2D eigenvalue weighted by atomic mass is 32.1. The van der Waals surface area contributed by atoms with Crippen molar-refractivity contribution in [1.82, 2.24) is 20.9 Å². The first-order chi connectivity index (χ1) is 15.1. The number of aliphatic carboxylic acids is 1. The van der Waals surface area contributed by atoms with Crippen molar-refractivity contribution in [1.29, 1.82) is 0 Å². The molecule has 7 N–H and O–H groups in total. The maximum Gasteiger partial charge on any atom is 0.326 e. The van der Waals surface area contributed by atoms with Crippen LogP contribution < -0.4 is 21.7 Å². The summed E-state index contributed by atoms with van der Waals surface area (Å²) >= 11 is 3.96. The summed E-state index contributed by atoms with van der Waals surface area (Å²) < 4.78 is 0. The number of thiol groups is 1. The summed E-state index contributed by atoms with van der Waals surface area (Å²) in [5.74, 6) is -3.09. The van der Waals surface area contributed by atoms with E-state index < -0.39 is 48.4 Å². The van der Waals surface area contributed by atoms with Crippen LogP contribution >= 0.6 is 12.6 Å². The van der Waals surface area contributed by atoms with E-state index in [0.29, 0.717) is 0 Å². The highest BCUT2D eigenvalue weighted by Gasteiger charge is 2.27. The van der Waals surface area contributed by atoms with Gasteiger partial charge >= 0.3 is 5.97 Å². The smallest absolute Gasteiger partial charge is 0.326 e. The highest BCUT2D eigenvalue weighted by Crippen LogP contribution is 2.19. The first kappa shape index (κ1) is 25.2. The monoisotopic (exact) mass is 463 g/mol. The normalized spacial score (nSPS) is 13.9. The number of H-pyrrole nitrogens is 1. The van der Waals surface area contributed by atoms with Gasteiger partial charge in [-0.25, -0.2) is 4.79 Å². The minimum atomic E-state index is -1.19. The third kappa shape index (κ3) is 6.72. The van der Waals surface area contributed by atoms with Gasteiger partial charge in [-0.2, -0.15) is 12.6 Å². The Labute approximate surface area is 191 Å². The number of carbonyl (C=O) groups excluding carboxylic acids is 3. The van der Waals surface area contributed by atoms with E-state index in [1.54, 1.807) is 20.0 Å². The largest absolute Gasteiger partial charge is 0.480 e. The summed E-state index contributed by atoms with van der Waals surface area (Å²) in [6, 6.07) is 4.50. The number of hydrogen-bond donors (Lipinski definition) is 7. The number of nitrogens with one attached hydrogen (secondary N) is 4. The average Bonchev–Trinajstić information content (AvgIpc) is 3.17. The molecule has 3 atom stereocenters. The van der Waals surface area contributed by atoms with Gasteiger partial charge < -0.3 is 31.8 Å². The lowest BCUT2D eigenvalue weighted by Crippen LogP contribution is -2.55. The molecule has 11 heteroatoms. The van der Waals surface area contributed by atoms with Crippen LogP contribution in [-0.2, 0) is 25.6 Å². The van der Waals surface area contributed by atoms with Gasteiger partial charge in [-0.1, -0.05) is 32.0 Å². The van der Waals surface area contributed by atoms with Crippen molar-refractivity contribution >= 4 is 47.2 Å². The van der Waals surface area contributed by atoms with Crippen LogP contribution in [0.15, 0.2) is 30.5 Å². The van der Waals surface area contributed by atoms with Crippen LogP contribution in [0.2, 0.25) is 0 Å². The Morgan fingerprint density at radius 2 is 1.81 bits per heavy atom. The number of amides is 3. The maximum atomic E-state index is 12.5. The SMILES string of the molecule is CC(C)C(NC(=O)C(N)CS)C(=O)NCC(=O)NC(Cc1c[nH]c2ccccc12)C(=O)O. The second-order valence-corrected chi connectivity index (χ2v) is 8.12. The van der Waals surface area contributed by atoms with E-state index in [-0.39, 0.29) is 18.1 Å². The second kappa shape index (κ2) is 11.5. The molecule has 0 aliphatic carbocycles. The molecule has 174 valence electrons. The summed E-state index contributed by atoms with van der Waals surface area (Å²) in [6.07, 6.45) is 1.78. The molecular weight excluding hydrogens is 434 g/mol. The summed E-state index contributed by atoms with van der Waals surface area (Å²) in [4.78, 5) is 51.5. The number of hydrogen-bond acceptors (Lipinski definition) is 6. The summed E-state index contributed by atoms with van der Waals surface area (Å²) in [5.41, 5.74) is 7.23. The Hall–Kier alpha value is -3.05. The summed E-state index contributed by atoms with van der Waals surface area (Å²) in [7, 11) is 0. The molecule has 2 rings (SSSR count). The Morgan fingerprint density at radius 3 is 2.44 bits per heavy atom. The highest BCUT2D eigenvalue weighted by molar-refractivity contribution is 7.80. The van der Waals surface area contributed by atoms with Crippen molar-refractivity contribution in [2.24, 2.45) is 11.7 Å². The lowest BCUT2D eigenvalue weighted by atomic mass is 10.0. The Kier molecular flexibility index (Phi) is 9.09. The molecule has 0 saturated carbocycles. The third-order valence-corrected chi connectivity index (χ3v) is 5.33. The van der Waals surface area contributed by atoms with Crippen LogP contribution in [0, 0.1) is 5.92 Å². The number of rotatable bonds is 11. The van der Waals surface area contributed by atoms with Gasteiger partial charge in [-0.15, -0.1) is 0 Å². The number of nitrogens with two attached hydrogens (primary N) is 1. The van der Waals surface area contributed by atoms with Crippen molar-refractivity contribution in [2.75, 3.05) is 12.3 Å². The quantitative estimate of drug-likeness (QED) is 0.228. The van der Waals surface area contributed by atoms with Crippen molar-refractivity contribution in [3.05, 3.63) is 36.0 Å². The predicted molar refractivity (Wildman–Crippen MR) is 123 cm³/mol. The zero-order valence-corrected chi connectivity index (χ0v) is 18.8. The van der Waals surface area contributed by atoms with Gasteiger partial charge in [-0.3, -0.25) is 14.4 Å². The molecule has 0 spiro atoms. The zero-order chi connectivity index (χ0) is 23.8. The number of para-hydroxylation sites is 1. The first-order valence-corrected chi connectivity index (χ1v) is 10.8. The molecule has 10 nitrogen and oxygen atoms in total. The van der Waals surface area contributed by atoms with Gasteiger partial charge in [-0.05, 0) is 17.5 Å². The number of fused-ring (bicyclic) bond motifs is 1. The molecular formula is C21H29N5O5S. The number of carbonyl (C=O) groups is 4. The van der Waals surface area contributed by atoms with Crippen molar-refractivity contribution in [3.63, 3.8) is 0 Å². The molecule has 32 heavy (non-hydrogen) atoms. The Morgan fingerprint density at radius 1 is 1.12 bits per heavy atom. The zero-order valence-electron chi connectivity index (χ0n) is 17.9. The fourth-order valence-corrected chi connectivity index (χ4v) is 3.29. The van der Waals surface area contributed by atoms with Crippen molar-refractivity contribution in [2.45, 2.75) is 38.4 Å². The van der Waals surface area contributed by atoms with E-state index in [9.17, 15) is 24.3 Å². The molecule has 0 bridgehead atoms. The van der Waals surface area contributed by atoms with Crippen LogP contribution in [-0.4, -0.2) is 64.2 Å². The number of carboxylic acids is 1. The minimum absolute atomic E-state index is 0.0747. The molecule has 0 aliphatic rings. The van der Waals surface area contributed by atoms with Gasteiger partial charge in [0.25, 0.3) is 0 Å². The third-order valence-electron chi connectivity index (χ3n) is 4.94. The fraction of sp³-hybridized carbons (Fsp3) is 0.429. The van der Waals surface area contributed by atoms with Gasteiger partial charge in [0.1, 0.15) is 12.1 Å². The van der Waals surface area contributed by atoms with E-state index in [1.807, 2.05) is 24.3 Å². The molecule has 0 aliphatic heterocycles. The molecule has 2 aromatic rings. The van der Waals surface area contributed by atoms with E-state index >= 15 is 0 Å². The minimum Gasteiger partial charge on any atom is -0.480 e. The first-order valence-electron chi connectivity index (χ1n) is 10.2. The van der Waals surface area contributed by atoms with Crippen LogP contribution in [0.1, 0.15) is 19.4 Å². The molecule has 1 aromatic carbocycles. The number of carboxylic acid groups (broad SMARTS) is 1. The second-order valence-electron chi connectivity index (χ2n) is 7.76. The lowest BCUT2D eigenvalue weighted by molar-refractivity contribution is -0.141. The van der Waals surface area contributed by atoms with Crippen LogP contribution in [0.25, 0.3) is 10.9 Å². The fourth-order valence-electron chi connectivity index (χ4n) is 3.12. The molecule has 0 fully saturated rings. The molecule has 0 radical (unpaired) electrons. The van der Waals surface area contributed by atoms with Crippen LogP contribution in [0.5, 0.6) is 0 Å².